The first-order valence-electron chi connectivity index (χ1n) is 9.08. The van der Waals surface area contributed by atoms with Gasteiger partial charge in [0.1, 0.15) is 6.04 Å². The molecule has 27 heavy (non-hydrogen) atoms. The highest BCUT2D eigenvalue weighted by molar-refractivity contribution is 5.97. The highest BCUT2D eigenvalue weighted by Gasteiger charge is 2.37. The van der Waals surface area contributed by atoms with E-state index in [-0.39, 0.29) is 12.7 Å². The molecule has 2 aromatic rings. The number of ether oxygens (including phenoxy) is 3. The summed E-state index contributed by atoms with van der Waals surface area (Å²) in [6, 6.07) is 7.44. The van der Waals surface area contributed by atoms with E-state index in [1.54, 1.807) is 7.11 Å². The van der Waals surface area contributed by atoms with E-state index >= 15 is 0 Å². The number of hydrogen-bond acceptors (Lipinski definition) is 5. The van der Waals surface area contributed by atoms with Gasteiger partial charge in [-0.2, -0.15) is 0 Å². The summed E-state index contributed by atoms with van der Waals surface area (Å²) in [6.07, 6.45) is 0.825. The Bertz CT molecular complexity index is 910. The zero-order chi connectivity index (χ0) is 19.1. The Morgan fingerprint density at radius 1 is 1.30 bits per heavy atom. The fourth-order valence-corrected chi connectivity index (χ4v) is 3.85. The van der Waals surface area contributed by atoms with Crippen LogP contribution in [0.3, 0.4) is 0 Å². The normalized spacial score (nSPS) is 18.1. The quantitative estimate of drug-likeness (QED) is 0.902. The molecule has 0 radical (unpaired) electrons. The van der Waals surface area contributed by atoms with Gasteiger partial charge in [0.25, 0.3) is 0 Å². The Balaban J connectivity index is 1.76. The first kappa shape index (κ1) is 17.7. The maximum Gasteiger partial charge on any atom is 0.246 e. The third kappa shape index (κ3) is 2.90. The number of likely N-dealkylation sites (N-methyl/N-ethyl adjacent to an activating group) is 1. The lowest BCUT2D eigenvalue weighted by Crippen LogP contribution is -2.40. The molecule has 2 aliphatic rings. The summed E-state index contributed by atoms with van der Waals surface area (Å²) in [5.74, 6) is 1.77. The van der Waals surface area contributed by atoms with Gasteiger partial charge in [-0.05, 0) is 56.1 Å². The molecule has 142 valence electrons. The molecule has 6 nitrogen and oxygen atoms in total. The second-order valence-corrected chi connectivity index (χ2v) is 7.09. The van der Waals surface area contributed by atoms with Crippen molar-refractivity contribution in [2.24, 2.45) is 0 Å². The van der Waals surface area contributed by atoms with Crippen LogP contribution in [0.15, 0.2) is 24.3 Å². The van der Waals surface area contributed by atoms with E-state index in [1.807, 2.05) is 50.1 Å². The molecule has 1 N–H and O–H groups in total. The summed E-state index contributed by atoms with van der Waals surface area (Å²) in [6.45, 7) is 5.00. The van der Waals surface area contributed by atoms with Crippen LogP contribution < -0.4 is 19.5 Å². The van der Waals surface area contributed by atoms with Gasteiger partial charge in [0.15, 0.2) is 11.5 Å². The molecule has 4 rings (SSSR count). The maximum atomic E-state index is 13.3. The van der Waals surface area contributed by atoms with E-state index < -0.39 is 6.04 Å². The van der Waals surface area contributed by atoms with Crippen molar-refractivity contribution in [2.75, 3.05) is 32.8 Å². The Morgan fingerprint density at radius 2 is 2.11 bits per heavy atom. The summed E-state index contributed by atoms with van der Waals surface area (Å²) < 4.78 is 16.8. The Kier molecular flexibility index (Phi) is 4.44. The summed E-state index contributed by atoms with van der Waals surface area (Å²) in [5, 5.41) is 3.10. The van der Waals surface area contributed by atoms with Crippen molar-refractivity contribution in [3.05, 3.63) is 46.5 Å². The molecule has 0 unspecified atom stereocenters. The van der Waals surface area contributed by atoms with Crippen LogP contribution in [-0.2, 0) is 11.2 Å². The van der Waals surface area contributed by atoms with Crippen molar-refractivity contribution in [3.8, 4) is 17.2 Å². The molecule has 1 amide bonds. The predicted molar refractivity (Wildman–Crippen MR) is 103 cm³/mol. The van der Waals surface area contributed by atoms with Crippen LogP contribution in [-0.4, -0.2) is 38.3 Å². The number of aryl methyl sites for hydroxylation is 1. The first-order chi connectivity index (χ1) is 13.0. The van der Waals surface area contributed by atoms with Gasteiger partial charge in [0, 0.05) is 17.8 Å². The molecule has 0 saturated heterocycles. The molecule has 0 bridgehead atoms. The van der Waals surface area contributed by atoms with Crippen LogP contribution >= 0.6 is 0 Å². The Labute approximate surface area is 159 Å². The lowest BCUT2D eigenvalue weighted by atomic mass is 9.90. The van der Waals surface area contributed by atoms with Crippen LogP contribution in [0.2, 0.25) is 0 Å². The van der Waals surface area contributed by atoms with Gasteiger partial charge >= 0.3 is 0 Å². The number of carbonyl (C=O) groups is 1. The van der Waals surface area contributed by atoms with Crippen molar-refractivity contribution < 1.29 is 19.0 Å². The molecule has 2 aliphatic heterocycles. The second-order valence-electron chi connectivity index (χ2n) is 7.09. The minimum absolute atomic E-state index is 0.0793. The Hall–Kier alpha value is -2.73. The van der Waals surface area contributed by atoms with Crippen LogP contribution in [0, 0.1) is 13.8 Å². The topological polar surface area (TPSA) is 60.0 Å². The number of methoxy groups -OCH3 is 1. The number of carbonyl (C=O) groups excluding carboxylic acids is 1. The van der Waals surface area contributed by atoms with E-state index in [0.717, 1.165) is 40.9 Å². The van der Waals surface area contributed by atoms with Crippen LogP contribution in [0.4, 0.5) is 5.69 Å². The average molecular weight is 368 g/mol. The van der Waals surface area contributed by atoms with Gasteiger partial charge < -0.3 is 19.5 Å². The lowest BCUT2D eigenvalue weighted by Gasteiger charge is -2.34. The fourth-order valence-electron chi connectivity index (χ4n) is 3.85. The van der Waals surface area contributed by atoms with Crippen molar-refractivity contribution in [1.29, 1.82) is 0 Å². The molecule has 2 heterocycles. The highest BCUT2D eigenvalue weighted by atomic mass is 16.7. The highest BCUT2D eigenvalue weighted by Crippen LogP contribution is 2.49. The predicted octanol–water partition coefficient (Wildman–Crippen LogP) is 3.21. The molecule has 0 aromatic heterocycles. The monoisotopic (exact) mass is 368 g/mol. The van der Waals surface area contributed by atoms with E-state index in [2.05, 4.69) is 5.32 Å². The van der Waals surface area contributed by atoms with Gasteiger partial charge in [0.05, 0.1) is 7.11 Å². The summed E-state index contributed by atoms with van der Waals surface area (Å²) >= 11 is 0. The van der Waals surface area contributed by atoms with Gasteiger partial charge in [-0.25, -0.2) is 0 Å². The third-order valence-corrected chi connectivity index (χ3v) is 5.51. The summed E-state index contributed by atoms with van der Waals surface area (Å²) in [5.41, 5.74) is 4.97. The van der Waals surface area contributed by atoms with Crippen molar-refractivity contribution in [1.82, 2.24) is 4.90 Å². The van der Waals surface area contributed by atoms with Crippen molar-refractivity contribution in [2.45, 2.75) is 26.3 Å². The van der Waals surface area contributed by atoms with E-state index in [4.69, 9.17) is 14.2 Å². The molecular weight excluding hydrogens is 344 g/mol. The number of nitrogens with one attached hydrogen (secondary N) is 1. The number of anilines is 1. The van der Waals surface area contributed by atoms with Crippen LogP contribution in [0.25, 0.3) is 0 Å². The second kappa shape index (κ2) is 6.78. The van der Waals surface area contributed by atoms with Gasteiger partial charge in [-0.1, -0.05) is 12.1 Å². The lowest BCUT2D eigenvalue weighted by molar-refractivity contribution is -0.121. The van der Waals surface area contributed by atoms with Crippen LogP contribution in [0.1, 0.15) is 28.3 Å². The fraction of sp³-hybridized carbons (Fsp3) is 0.381. The minimum atomic E-state index is -0.460. The number of nitrogens with zero attached hydrogens (tertiary/aromatic N) is 1. The zero-order valence-corrected chi connectivity index (χ0v) is 16.1. The molecule has 0 aliphatic carbocycles. The number of amides is 1. The Morgan fingerprint density at radius 3 is 2.89 bits per heavy atom. The van der Waals surface area contributed by atoms with E-state index in [1.165, 1.54) is 0 Å². The molecule has 0 fully saturated rings. The zero-order valence-electron chi connectivity index (χ0n) is 16.1. The molecule has 2 aromatic carbocycles. The van der Waals surface area contributed by atoms with E-state index in [0.29, 0.717) is 17.2 Å². The van der Waals surface area contributed by atoms with Gasteiger partial charge in [-0.3, -0.25) is 9.69 Å². The van der Waals surface area contributed by atoms with Crippen LogP contribution in [0.5, 0.6) is 17.2 Å². The molecule has 0 spiro atoms. The standard InChI is InChI=1S/C21H24N2O4/c1-12-6-5-7-15(13(12)2)22-21(24)18-17-14(8-9-23(18)3)10-16-19(20(17)25-4)27-11-26-16/h5-7,10,18H,8-9,11H2,1-4H3,(H,22,24)/t18-/m1/s1. The molecule has 6 heteroatoms. The number of benzene rings is 2. The first-order valence-corrected chi connectivity index (χ1v) is 9.08. The van der Waals surface area contributed by atoms with Gasteiger partial charge in [-0.15, -0.1) is 0 Å². The SMILES string of the molecule is COc1c2c(cc3c1[C@H](C(=O)Nc1cccc(C)c1C)N(C)CC3)OCO2. The number of rotatable bonds is 3. The summed E-state index contributed by atoms with van der Waals surface area (Å²) in [4.78, 5) is 15.3. The average Bonchev–Trinajstić information content (AvgIpc) is 3.11. The molecule has 0 saturated carbocycles. The van der Waals surface area contributed by atoms with Crippen molar-refractivity contribution >= 4 is 11.6 Å². The molecule has 1 atom stereocenters. The molecular formula is C21H24N2O4. The maximum absolute atomic E-state index is 13.3. The minimum Gasteiger partial charge on any atom is -0.492 e. The smallest absolute Gasteiger partial charge is 0.246 e. The van der Waals surface area contributed by atoms with E-state index in [9.17, 15) is 4.79 Å². The number of fused-ring (bicyclic) bond motifs is 2. The van der Waals surface area contributed by atoms with Gasteiger partial charge in [0.2, 0.25) is 18.4 Å². The summed E-state index contributed by atoms with van der Waals surface area (Å²) in [7, 11) is 3.56. The third-order valence-electron chi connectivity index (χ3n) is 5.51. The number of hydrogen-bond donors (Lipinski definition) is 1. The van der Waals surface area contributed by atoms with Crippen molar-refractivity contribution in [3.63, 3.8) is 0 Å². The largest absolute Gasteiger partial charge is 0.492 e.